The van der Waals surface area contributed by atoms with Crippen LogP contribution < -0.4 is 14.8 Å². The molecule has 0 heterocycles. The van der Waals surface area contributed by atoms with Crippen molar-refractivity contribution >= 4 is 35.6 Å². The van der Waals surface area contributed by atoms with Gasteiger partial charge in [-0.2, -0.15) is 0 Å². The maximum atomic E-state index is 10.3. The zero-order chi connectivity index (χ0) is 20.6. The molecule has 0 aliphatic heterocycles. The van der Waals surface area contributed by atoms with Crippen molar-refractivity contribution in [2.45, 2.75) is 19.3 Å². The first-order chi connectivity index (χ1) is 14.1. The van der Waals surface area contributed by atoms with Gasteiger partial charge in [-0.1, -0.05) is 71.7 Å². The lowest BCUT2D eigenvalue weighted by molar-refractivity contribution is 0.174. The van der Waals surface area contributed by atoms with Gasteiger partial charge in [0.25, 0.3) is 0 Å². The van der Waals surface area contributed by atoms with Crippen molar-refractivity contribution in [3.05, 3.63) is 93.5 Å². The summed E-state index contributed by atoms with van der Waals surface area (Å²) in [5.41, 5.74) is 2.67. The summed E-state index contributed by atoms with van der Waals surface area (Å²) in [4.78, 5) is 0. The van der Waals surface area contributed by atoms with Gasteiger partial charge in [0.05, 0.1) is 18.2 Å². The van der Waals surface area contributed by atoms with Crippen LogP contribution in [-0.2, 0) is 13.2 Å². The summed E-state index contributed by atoms with van der Waals surface area (Å²) < 4.78 is 11.3. The quantitative estimate of drug-likeness (QED) is 0.415. The summed E-state index contributed by atoms with van der Waals surface area (Å²) in [5.74, 6) is 1.02. The molecule has 1 atom stereocenters. The van der Waals surface area contributed by atoms with Gasteiger partial charge in [-0.05, 0) is 29.3 Å². The van der Waals surface area contributed by atoms with Crippen LogP contribution in [0.4, 0.5) is 0 Å². The summed E-state index contributed by atoms with van der Waals surface area (Å²) >= 11 is 12.6. The van der Waals surface area contributed by atoms with Crippen molar-refractivity contribution in [2.75, 3.05) is 13.7 Å². The van der Waals surface area contributed by atoms with Crippen LogP contribution in [0.5, 0.6) is 11.5 Å². The van der Waals surface area contributed by atoms with E-state index in [2.05, 4.69) is 5.32 Å². The van der Waals surface area contributed by atoms with Crippen LogP contribution in [0.25, 0.3) is 0 Å². The highest BCUT2D eigenvalue weighted by molar-refractivity contribution is 6.32. The van der Waals surface area contributed by atoms with Crippen LogP contribution in [0.1, 0.15) is 22.8 Å². The molecule has 0 radical (unpaired) electrons. The molecule has 0 aromatic heterocycles. The van der Waals surface area contributed by atoms with Crippen LogP contribution in [0.15, 0.2) is 66.7 Å². The van der Waals surface area contributed by atoms with E-state index in [4.69, 9.17) is 32.7 Å². The highest BCUT2D eigenvalue weighted by atomic mass is 35.5. The highest BCUT2D eigenvalue weighted by Gasteiger charge is 2.14. The Morgan fingerprint density at radius 3 is 2.37 bits per heavy atom. The van der Waals surface area contributed by atoms with Crippen molar-refractivity contribution in [2.24, 2.45) is 0 Å². The summed E-state index contributed by atoms with van der Waals surface area (Å²) in [7, 11) is 1.57. The third-order valence-electron chi connectivity index (χ3n) is 4.47. The zero-order valence-electron chi connectivity index (χ0n) is 16.5. The second-order valence-corrected chi connectivity index (χ2v) is 7.36. The Kier molecular flexibility index (Phi) is 9.76. The van der Waals surface area contributed by atoms with E-state index in [1.165, 1.54) is 0 Å². The SMILES string of the molecule is COc1cc(CNCC(O)c2ccccc2)cc(Cl)c1OCc1ccccc1Cl.Cl. The van der Waals surface area contributed by atoms with E-state index in [1.807, 2.05) is 66.7 Å². The Morgan fingerprint density at radius 1 is 0.967 bits per heavy atom. The number of methoxy groups -OCH3 is 1. The van der Waals surface area contributed by atoms with Crippen molar-refractivity contribution in [3.8, 4) is 11.5 Å². The standard InChI is InChI=1S/C23H23Cl2NO3.ClH/c1-28-22-12-16(13-26-14-21(27)17-7-3-2-4-8-17)11-20(25)23(22)29-15-18-9-5-6-10-19(18)24;/h2-12,21,26-27H,13-15H2,1H3;1H. The largest absolute Gasteiger partial charge is 0.493 e. The van der Waals surface area contributed by atoms with Crippen LogP contribution in [0, 0.1) is 0 Å². The molecule has 0 aliphatic carbocycles. The molecule has 4 nitrogen and oxygen atoms in total. The lowest BCUT2D eigenvalue weighted by atomic mass is 10.1. The summed E-state index contributed by atoms with van der Waals surface area (Å²) in [6.45, 7) is 1.25. The minimum atomic E-state index is -0.577. The number of benzene rings is 3. The average Bonchev–Trinajstić information content (AvgIpc) is 2.74. The fourth-order valence-corrected chi connectivity index (χ4v) is 3.41. The number of halogens is 3. The smallest absolute Gasteiger partial charge is 0.180 e. The molecule has 3 aromatic rings. The molecule has 0 saturated heterocycles. The number of hydrogen-bond acceptors (Lipinski definition) is 4. The number of rotatable bonds is 9. The normalized spacial score (nSPS) is 11.5. The van der Waals surface area contributed by atoms with E-state index in [-0.39, 0.29) is 19.0 Å². The summed E-state index contributed by atoms with van der Waals surface area (Å²) in [5, 5.41) is 14.6. The minimum Gasteiger partial charge on any atom is -0.493 e. The van der Waals surface area contributed by atoms with Crippen molar-refractivity contribution < 1.29 is 14.6 Å². The molecule has 30 heavy (non-hydrogen) atoms. The van der Waals surface area contributed by atoms with Gasteiger partial charge in [-0.3, -0.25) is 0 Å². The predicted molar refractivity (Wildman–Crippen MR) is 124 cm³/mol. The number of hydrogen-bond donors (Lipinski definition) is 2. The van der Waals surface area contributed by atoms with Crippen molar-refractivity contribution in [3.63, 3.8) is 0 Å². The van der Waals surface area contributed by atoms with Gasteiger partial charge in [0.1, 0.15) is 6.61 Å². The van der Waals surface area contributed by atoms with Gasteiger partial charge in [-0.25, -0.2) is 0 Å². The number of nitrogens with one attached hydrogen (secondary N) is 1. The third-order valence-corrected chi connectivity index (χ3v) is 5.12. The molecule has 7 heteroatoms. The molecule has 2 N–H and O–H groups in total. The first kappa shape index (κ1) is 24.3. The number of ether oxygens (including phenoxy) is 2. The van der Waals surface area contributed by atoms with Crippen LogP contribution >= 0.6 is 35.6 Å². The summed E-state index contributed by atoms with van der Waals surface area (Å²) in [6, 6.07) is 20.7. The van der Waals surface area contributed by atoms with Gasteiger partial charge in [0.15, 0.2) is 11.5 Å². The van der Waals surface area contributed by atoms with Crippen LogP contribution in [0.2, 0.25) is 10.0 Å². The highest BCUT2D eigenvalue weighted by Crippen LogP contribution is 2.37. The van der Waals surface area contributed by atoms with Gasteiger partial charge in [-0.15, -0.1) is 12.4 Å². The fraction of sp³-hybridized carbons (Fsp3) is 0.217. The third kappa shape index (κ3) is 6.53. The summed E-state index contributed by atoms with van der Waals surface area (Å²) in [6.07, 6.45) is -0.577. The Bertz CT molecular complexity index is 938. The molecule has 3 rings (SSSR count). The molecule has 0 bridgehead atoms. The Balaban J connectivity index is 0.00000320. The first-order valence-electron chi connectivity index (χ1n) is 9.25. The van der Waals surface area contributed by atoms with E-state index < -0.39 is 6.10 Å². The van der Waals surface area contributed by atoms with Crippen LogP contribution in [-0.4, -0.2) is 18.8 Å². The van der Waals surface area contributed by atoms with E-state index in [9.17, 15) is 5.11 Å². The topological polar surface area (TPSA) is 50.7 Å². The van der Waals surface area contributed by atoms with Gasteiger partial charge in [0, 0.05) is 23.7 Å². The maximum Gasteiger partial charge on any atom is 0.180 e. The fourth-order valence-electron chi connectivity index (χ4n) is 2.93. The monoisotopic (exact) mass is 467 g/mol. The maximum absolute atomic E-state index is 10.3. The molecule has 0 saturated carbocycles. The van der Waals surface area contributed by atoms with Crippen molar-refractivity contribution in [1.82, 2.24) is 5.32 Å². The van der Waals surface area contributed by atoms with E-state index in [0.29, 0.717) is 34.6 Å². The molecule has 0 fully saturated rings. The number of aliphatic hydroxyl groups is 1. The van der Waals surface area contributed by atoms with Crippen LogP contribution in [0.3, 0.4) is 0 Å². The van der Waals surface area contributed by atoms with E-state index in [1.54, 1.807) is 7.11 Å². The lowest BCUT2D eigenvalue weighted by Gasteiger charge is -2.16. The molecule has 0 aliphatic rings. The lowest BCUT2D eigenvalue weighted by Crippen LogP contribution is -2.21. The number of aliphatic hydroxyl groups excluding tert-OH is 1. The molecule has 1 unspecified atom stereocenters. The Morgan fingerprint density at radius 2 is 1.67 bits per heavy atom. The van der Waals surface area contributed by atoms with E-state index in [0.717, 1.165) is 16.7 Å². The molecular formula is C23H24Cl3NO3. The molecule has 3 aromatic carbocycles. The van der Waals surface area contributed by atoms with Gasteiger partial charge in [0.2, 0.25) is 0 Å². The Hall–Kier alpha value is -1.95. The average molecular weight is 469 g/mol. The van der Waals surface area contributed by atoms with Gasteiger partial charge < -0.3 is 19.9 Å². The molecule has 0 amide bonds. The van der Waals surface area contributed by atoms with E-state index >= 15 is 0 Å². The van der Waals surface area contributed by atoms with Gasteiger partial charge >= 0.3 is 0 Å². The molecule has 160 valence electrons. The zero-order valence-corrected chi connectivity index (χ0v) is 18.8. The molecular weight excluding hydrogens is 445 g/mol. The second-order valence-electron chi connectivity index (χ2n) is 6.55. The van der Waals surface area contributed by atoms with Crippen molar-refractivity contribution in [1.29, 1.82) is 0 Å². The predicted octanol–water partition coefficient (Wildman–Crippen LogP) is 5.83. The second kappa shape index (κ2) is 12.0. The Labute approximate surface area is 193 Å². The first-order valence-corrected chi connectivity index (χ1v) is 10.0. The molecule has 0 spiro atoms. The minimum absolute atomic E-state index is 0.